The molecule has 1 atom stereocenters. The maximum atomic E-state index is 12.4. The number of nitrogens with zero attached hydrogens (tertiary/aromatic N) is 4. The second-order valence-corrected chi connectivity index (χ2v) is 8.91. The van der Waals surface area contributed by atoms with Crippen molar-refractivity contribution < 1.29 is 9.90 Å². The smallest absolute Gasteiger partial charge is 0.253 e. The molecule has 1 aromatic heterocycles. The molecule has 0 fully saturated rings. The van der Waals surface area contributed by atoms with E-state index < -0.39 is 5.25 Å². The maximum Gasteiger partial charge on any atom is 0.253 e. The third-order valence-corrected chi connectivity index (χ3v) is 6.11. The molecule has 1 heterocycles. The van der Waals surface area contributed by atoms with E-state index in [1.807, 2.05) is 48.0 Å². The number of aromatic nitrogens is 3. The number of phenolic OH excluding ortho intramolecular Hbond substituents is 1. The molecular formula is C23H25ClN6O2S. The van der Waals surface area contributed by atoms with Crippen LogP contribution in [0.2, 0.25) is 5.02 Å². The topological polar surface area (TPSA) is 104 Å². The van der Waals surface area contributed by atoms with Gasteiger partial charge in [0, 0.05) is 23.3 Å². The molecule has 0 bridgehead atoms. The first-order chi connectivity index (χ1) is 15.9. The number of hydrogen-bond donors (Lipinski definition) is 3. The zero-order chi connectivity index (χ0) is 23.8. The summed E-state index contributed by atoms with van der Waals surface area (Å²) in [6, 6.07) is 12.8. The van der Waals surface area contributed by atoms with Crippen LogP contribution >= 0.6 is 23.4 Å². The minimum absolute atomic E-state index is 0.121. The minimum atomic E-state index is -0.459. The van der Waals surface area contributed by atoms with E-state index in [1.54, 1.807) is 19.1 Å². The number of benzene rings is 2. The van der Waals surface area contributed by atoms with Crippen LogP contribution in [0.3, 0.4) is 0 Å². The Labute approximate surface area is 201 Å². The highest BCUT2D eigenvalue weighted by Crippen LogP contribution is 2.23. The van der Waals surface area contributed by atoms with Crippen LogP contribution in [0.1, 0.15) is 23.9 Å². The molecule has 2 aromatic carbocycles. The maximum absolute atomic E-state index is 12.4. The molecule has 10 heteroatoms. The first-order valence-electron chi connectivity index (χ1n) is 10.2. The molecular weight excluding hydrogens is 460 g/mol. The predicted octanol–water partition coefficient (Wildman–Crippen LogP) is 4.15. The largest absolute Gasteiger partial charge is 0.507 e. The number of phenols is 1. The van der Waals surface area contributed by atoms with Gasteiger partial charge in [-0.15, -0.1) is 16.8 Å². The fourth-order valence-corrected chi connectivity index (χ4v) is 3.90. The Hall–Kier alpha value is -3.30. The number of hydrogen-bond acceptors (Lipinski definition) is 7. The average Bonchev–Trinajstić information content (AvgIpc) is 3.14. The van der Waals surface area contributed by atoms with Gasteiger partial charge in [-0.25, -0.2) is 5.43 Å². The van der Waals surface area contributed by atoms with Crippen molar-refractivity contribution in [2.75, 3.05) is 5.32 Å². The van der Waals surface area contributed by atoms with Crippen molar-refractivity contribution in [3.05, 3.63) is 77.1 Å². The lowest BCUT2D eigenvalue weighted by atomic mass is 10.1. The SMILES string of the molecule is C=CCc1cccc(C=NNC(=O)[C@@H](C)Sc2nnc(CNc3cccc(Cl)c3)n2C)c1O. The van der Waals surface area contributed by atoms with Crippen LogP contribution in [0.5, 0.6) is 5.75 Å². The molecule has 0 saturated carbocycles. The molecule has 0 saturated heterocycles. The van der Waals surface area contributed by atoms with Crippen molar-refractivity contribution in [1.29, 1.82) is 0 Å². The lowest BCUT2D eigenvalue weighted by Crippen LogP contribution is -2.27. The molecule has 172 valence electrons. The van der Waals surface area contributed by atoms with E-state index in [9.17, 15) is 9.90 Å². The van der Waals surface area contributed by atoms with Crippen LogP contribution in [-0.2, 0) is 24.8 Å². The van der Waals surface area contributed by atoms with Crippen LogP contribution in [0.25, 0.3) is 0 Å². The first-order valence-corrected chi connectivity index (χ1v) is 11.4. The molecule has 0 spiro atoms. The van der Waals surface area contributed by atoms with E-state index in [4.69, 9.17) is 11.6 Å². The van der Waals surface area contributed by atoms with Gasteiger partial charge in [0.15, 0.2) is 11.0 Å². The van der Waals surface area contributed by atoms with Crippen LogP contribution < -0.4 is 10.7 Å². The number of carbonyl (C=O) groups is 1. The molecule has 3 aromatic rings. The standard InChI is InChI=1S/C23H25ClN6O2S/c1-4-7-16-8-5-9-17(21(16)31)13-26-28-22(32)15(2)33-23-29-27-20(30(23)3)14-25-19-11-6-10-18(24)12-19/h4-6,8-13,15,25,31H,1,7,14H2,2-3H3,(H,28,32)/t15-/m1/s1. The fourth-order valence-electron chi connectivity index (χ4n) is 2.88. The number of anilines is 1. The summed E-state index contributed by atoms with van der Waals surface area (Å²) in [5, 5.41) is 26.7. The molecule has 0 radical (unpaired) electrons. The lowest BCUT2D eigenvalue weighted by molar-refractivity contribution is -0.120. The van der Waals surface area contributed by atoms with Gasteiger partial charge >= 0.3 is 0 Å². The Morgan fingerprint density at radius 3 is 2.88 bits per heavy atom. The number of allylic oxidation sites excluding steroid dienone is 1. The van der Waals surface area contributed by atoms with E-state index in [2.05, 4.69) is 32.6 Å². The van der Waals surface area contributed by atoms with Crippen molar-refractivity contribution in [3.63, 3.8) is 0 Å². The van der Waals surface area contributed by atoms with E-state index in [1.165, 1.54) is 18.0 Å². The summed E-state index contributed by atoms with van der Waals surface area (Å²) in [4.78, 5) is 12.4. The van der Waals surface area contributed by atoms with E-state index in [-0.39, 0.29) is 11.7 Å². The average molecular weight is 485 g/mol. The van der Waals surface area contributed by atoms with E-state index >= 15 is 0 Å². The van der Waals surface area contributed by atoms with Gasteiger partial charge in [0.05, 0.1) is 18.0 Å². The molecule has 8 nitrogen and oxygen atoms in total. The minimum Gasteiger partial charge on any atom is -0.507 e. The van der Waals surface area contributed by atoms with Crippen molar-refractivity contribution in [2.45, 2.75) is 30.3 Å². The Morgan fingerprint density at radius 1 is 1.33 bits per heavy atom. The number of thioether (sulfide) groups is 1. The Morgan fingerprint density at radius 2 is 2.12 bits per heavy atom. The summed E-state index contributed by atoms with van der Waals surface area (Å²) >= 11 is 7.28. The number of hydrazone groups is 1. The molecule has 0 aliphatic rings. The second kappa shape index (κ2) is 11.5. The van der Waals surface area contributed by atoms with Gasteiger partial charge in [0.2, 0.25) is 0 Å². The van der Waals surface area contributed by atoms with Crippen LogP contribution in [0.4, 0.5) is 5.69 Å². The van der Waals surface area contributed by atoms with Crippen molar-refractivity contribution in [2.24, 2.45) is 12.1 Å². The molecule has 3 N–H and O–H groups in total. The van der Waals surface area contributed by atoms with Gasteiger partial charge in [-0.1, -0.05) is 47.6 Å². The van der Waals surface area contributed by atoms with Crippen molar-refractivity contribution in [1.82, 2.24) is 20.2 Å². The van der Waals surface area contributed by atoms with Gasteiger partial charge in [-0.3, -0.25) is 4.79 Å². The number of rotatable bonds is 10. The summed E-state index contributed by atoms with van der Waals surface area (Å²) < 4.78 is 1.83. The monoisotopic (exact) mass is 484 g/mol. The fraction of sp³-hybridized carbons (Fsp3) is 0.217. The molecule has 0 aliphatic carbocycles. The quantitative estimate of drug-likeness (QED) is 0.173. The van der Waals surface area contributed by atoms with Crippen molar-refractivity contribution >= 4 is 41.2 Å². The number of aromatic hydroxyl groups is 1. The summed E-state index contributed by atoms with van der Waals surface area (Å²) in [6.45, 7) is 5.90. The normalized spacial score (nSPS) is 12.0. The van der Waals surface area contributed by atoms with Crippen molar-refractivity contribution in [3.8, 4) is 5.75 Å². The van der Waals surface area contributed by atoms with Crippen LogP contribution in [-0.4, -0.2) is 37.2 Å². The Balaban J connectivity index is 1.55. The summed E-state index contributed by atoms with van der Waals surface area (Å²) in [5.41, 5.74) is 4.64. The molecule has 0 aliphatic heterocycles. The molecule has 1 amide bonds. The van der Waals surface area contributed by atoms with Gasteiger partial charge in [-0.05, 0) is 43.2 Å². The number of carbonyl (C=O) groups excluding carboxylic acids is 1. The zero-order valence-electron chi connectivity index (χ0n) is 18.3. The third-order valence-electron chi connectivity index (χ3n) is 4.75. The summed E-state index contributed by atoms with van der Waals surface area (Å²) in [7, 11) is 1.85. The summed E-state index contributed by atoms with van der Waals surface area (Å²) in [5.74, 6) is 0.549. The second-order valence-electron chi connectivity index (χ2n) is 7.16. The number of nitrogens with one attached hydrogen (secondary N) is 2. The number of halogens is 1. The first kappa shape index (κ1) is 24.3. The Kier molecular flexibility index (Phi) is 8.51. The summed E-state index contributed by atoms with van der Waals surface area (Å²) in [6.07, 6.45) is 3.67. The zero-order valence-corrected chi connectivity index (χ0v) is 19.9. The van der Waals surface area contributed by atoms with Gasteiger partial charge in [-0.2, -0.15) is 5.10 Å². The van der Waals surface area contributed by atoms with E-state index in [0.717, 1.165) is 17.1 Å². The Bertz CT molecular complexity index is 1160. The third kappa shape index (κ3) is 6.59. The molecule has 3 rings (SSSR count). The molecule has 33 heavy (non-hydrogen) atoms. The molecule has 0 unspecified atom stereocenters. The van der Waals surface area contributed by atoms with Gasteiger partial charge < -0.3 is 15.0 Å². The lowest BCUT2D eigenvalue weighted by Gasteiger charge is -2.10. The highest BCUT2D eigenvalue weighted by Gasteiger charge is 2.18. The predicted molar refractivity (Wildman–Crippen MR) is 133 cm³/mol. The van der Waals surface area contributed by atoms with Gasteiger partial charge in [0.25, 0.3) is 5.91 Å². The van der Waals surface area contributed by atoms with Crippen LogP contribution in [0, 0.1) is 0 Å². The highest BCUT2D eigenvalue weighted by atomic mass is 35.5. The van der Waals surface area contributed by atoms with E-state index in [0.29, 0.717) is 28.7 Å². The van der Waals surface area contributed by atoms with Gasteiger partial charge in [0.1, 0.15) is 5.75 Å². The number of para-hydroxylation sites is 1. The number of amides is 1. The van der Waals surface area contributed by atoms with Crippen LogP contribution in [0.15, 0.2) is 65.4 Å². The highest BCUT2D eigenvalue weighted by molar-refractivity contribution is 8.00.